The number of hydrogen-bond donors (Lipinski definition) is 0. The van der Waals surface area contributed by atoms with E-state index < -0.39 is 0 Å². The van der Waals surface area contributed by atoms with Crippen LogP contribution in [0.2, 0.25) is 12.1 Å². The van der Waals surface area contributed by atoms with E-state index in [1.807, 2.05) is 0 Å². The van der Waals surface area contributed by atoms with Gasteiger partial charge in [-0.25, -0.2) is 0 Å². The molecule has 0 aromatic heterocycles. The summed E-state index contributed by atoms with van der Waals surface area (Å²) in [7, 11) is 1.65. The van der Waals surface area contributed by atoms with Crippen LogP contribution in [0, 0.1) is 0 Å². The molecule has 6 heteroatoms. The summed E-state index contributed by atoms with van der Waals surface area (Å²) >= 11 is 0. The summed E-state index contributed by atoms with van der Waals surface area (Å²) in [5, 5.41) is 2.87. The van der Waals surface area contributed by atoms with Crippen LogP contribution in [0.25, 0.3) is 0 Å². The van der Waals surface area contributed by atoms with E-state index in [4.69, 9.17) is 18.9 Å². The maximum absolute atomic E-state index is 6.16. The Hall–Kier alpha value is -0.506. The molecule has 0 atom stereocenters. The first-order valence-corrected chi connectivity index (χ1v) is 16.0. The first kappa shape index (κ1) is 33.5. The van der Waals surface area contributed by atoms with E-state index in [1.165, 1.54) is 22.5 Å². The van der Waals surface area contributed by atoms with E-state index in [0.29, 0.717) is 0 Å². The first-order chi connectivity index (χ1) is 16.3. The highest BCUT2D eigenvalue weighted by Crippen LogP contribution is 2.22. The van der Waals surface area contributed by atoms with E-state index >= 15 is 0 Å². The minimum absolute atomic E-state index is 0.152. The molecule has 0 saturated carbocycles. The Labute approximate surface area is 228 Å². The predicted molar refractivity (Wildman–Crippen MR) is 156 cm³/mol. The third-order valence-electron chi connectivity index (χ3n) is 4.72. The average molecular weight is 535 g/mol. The van der Waals surface area contributed by atoms with Crippen LogP contribution in [-0.2, 0) is 18.9 Å². The van der Waals surface area contributed by atoms with E-state index in [2.05, 4.69) is 107 Å². The minimum Gasteiger partial charge on any atom is -0.347 e. The molecule has 1 rings (SSSR count). The van der Waals surface area contributed by atoms with E-state index in [1.54, 1.807) is 0 Å². The molecule has 0 unspecified atom stereocenters. The molecule has 4 nitrogen and oxygen atoms in total. The highest BCUT2D eigenvalue weighted by atomic mass is 28.2. The molecule has 0 aliphatic rings. The Kier molecular flexibility index (Phi) is 13.6. The summed E-state index contributed by atoms with van der Waals surface area (Å²) in [6.45, 7) is 25.1. The number of hydrogen-bond acceptors (Lipinski definition) is 4. The third kappa shape index (κ3) is 18.7. The van der Waals surface area contributed by atoms with Crippen LogP contribution < -0.4 is 10.4 Å². The van der Waals surface area contributed by atoms with Crippen molar-refractivity contribution in [1.82, 2.24) is 0 Å². The molecule has 36 heavy (non-hydrogen) atoms. The van der Waals surface area contributed by atoms with Crippen molar-refractivity contribution in [3.63, 3.8) is 0 Å². The smallest absolute Gasteiger partial charge is 0.158 e. The Morgan fingerprint density at radius 2 is 0.750 bits per heavy atom. The average Bonchev–Trinajstić information content (AvgIpc) is 2.64. The zero-order valence-corrected chi connectivity index (χ0v) is 27.3. The number of rotatable bonds is 14. The van der Waals surface area contributed by atoms with Crippen molar-refractivity contribution >= 4 is 29.4 Å². The number of benzene rings is 1. The van der Waals surface area contributed by atoms with Gasteiger partial charge in [0, 0.05) is 0 Å². The highest BCUT2D eigenvalue weighted by Gasteiger charge is 2.25. The summed E-state index contributed by atoms with van der Waals surface area (Å²) in [6, 6.07) is 11.6. The molecule has 0 amide bonds. The molecule has 0 spiro atoms. The van der Waals surface area contributed by atoms with Gasteiger partial charge in [-0.05, 0) is 95.9 Å². The molecule has 1 aromatic rings. The molecule has 0 N–H and O–H groups in total. The first-order valence-electron chi connectivity index (χ1n) is 13.6. The maximum Gasteiger partial charge on any atom is 0.158 e. The fourth-order valence-corrected chi connectivity index (χ4v) is 5.71. The molecule has 1 aromatic carbocycles. The molecule has 206 valence electrons. The topological polar surface area (TPSA) is 36.9 Å². The van der Waals surface area contributed by atoms with E-state index in [9.17, 15) is 0 Å². The minimum atomic E-state index is -0.199. The van der Waals surface area contributed by atoms with Gasteiger partial charge in [-0.3, -0.25) is 0 Å². The molecule has 0 fully saturated rings. The summed E-state index contributed by atoms with van der Waals surface area (Å²) in [5.41, 5.74) is -0.798. The van der Waals surface area contributed by atoms with Crippen molar-refractivity contribution in [1.29, 1.82) is 0 Å². The Balaban J connectivity index is 2.42. The van der Waals surface area contributed by atoms with Gasteiger partial charge in [-0.15, -0.1) is 0 Å². The van der Waals surface area contributed by atoms with Gasteiger partial charge in [0.2, 0.25) is 0 Å². The van der Waals surface area contributed by atoms with Gasteiger partial charge in [-0.1, -0.05) is 59.6 Å². The lowest BCUT2D eigenvalue weighted by atomic mass is 10.1. The van der Waals surface area contributed by atoms with Gasteiger partial charge < -0.3 is 18.9 Å². The molecule has 0 heterocycles. The van der Waals surface area contributed by atoms with Crippen molar-refractivity contribution < 1.29 is 18.9 Å². The lowest BCUT2D eigenvalue weighted by molar-refractivity contribution is -0.236. The van der Waals surface area contributed by atoms with Crippen LogP contribution in [0.15, 0.2) is 24.3 Å². The fraction of sp³-hybridized carbons (Fsp3) is 0.800. The van der Waals surface area contributed by atoms with Crippen molar-refractivity contribution in [2.45, 2.75) is 156 Å². The number of ether oxygens (including phenoxy) is 4. The molecule has 0 bridgehead atoms. The standard InChI is InChI=1S/C30H54O4Si2/c1-27(2,3)31-25(32-28(4,5)6)15-13-21-35-23-17-19-24(20-18-23)36-22-14-16-26(33-29(7,8)9)34-30(10,11)12/h17-20,25-26H,13-16,21-22H2,1-12H3. The maximum atomic E-state index is 6.16. The predicted octanol–water partition coefficient (Wildman–Crippen LogP) is 6.66. The molecule has 0 saturated heterocycles. The van der Waals surface area contributed by atoms with Gasteiger partial charge in [0.05, 0.1) is 41.4 Å². The molecule has 0 aliphatic heterocycles. The monoisotopic (exact) mass is 534 g/mol. The fourth-order valence-electron chi connectivity index (χ4n) is 3.57. The zero-order chi connectivity index (χ0) is 27.6. The Morgan fingerprint density at radius 1 is 0.500 bits per heavy atom. The quantitative estimate of drug-likeness (QED) is 0.152. The van der Waals surface area contributed by atoms with Gasteiger partial charge in [0.25, 0.3) is 0 Å². The Morgan fingerprint density at radius 3 is 0.972 bits per heavy atom. The molecular formula is C30H54O4Si2. The second kappa shape index (κ2) is 14.6. The van der Waals surface area contributed by atoms with Crippen LogP contribution >= 0.6 is 0 Å². The van der Waals surface area contributed by atoms with E-state index in [0.717, 1.165) is 44.7 Å². The summed E-state index contributed by atoms with van der Waals surface area (Å²) < 4.78 is 24.6. The van der Waals surface area contributed by atoms with Crippen LogP contribution in [0.5, 0.6) is 0 Å². The van der Waals surface area contributed by atoms with Crippen molar-refractivity contribution in [3.05, 3.63) is 24.3 Å². The lowest BCUT2D eigenvalue weighted by Crippen LogP contribution is -2.35. The summed E-state index contributed by atoms with van der Waals surface area (Å²) in [5.74, 6) is 0. The second-order valence-corrected chi connectivity index (χ2v) is 16.4. The zero-order valence-electron chi connectivity index (χ0n) is 25.3. The van der Waals surface area contributed by atoms with Crippen molar-refractivity contribution in [2.24, 2.45) is 0 Å². The highest BCUT2D eigenvalue weighted by molar-refractivity contribution is 6.55. The third-order valence-corrected chi connectivity index (χ3v) is 7.41. The van der Waals surface area contributed by atoms with Crippen molar-refractivity contribution in [3.8, 4) is 0 Å². The molecular weight excluding hydrogens is 480 g/mol. The second-order valence-electron chi connectivity index (χ2n) is 13.5. The van der Waals surface area contributed by atoms with Gasteiger partial charge >= 0.3 is 0 Å². The van der Waals surface area contributed by atoms with Gasteiger partial charge in [-0.2, -0.15) is 0 Å². The van der Waals surface area contributed by atoms with Crippen molar-refractivity contribution in [2.75, 3.05) is 0 Å². The van der Waals surface area contributed by atoms with Crippen LogP contribution in [0.1, 0.15) is 109 Å². The summed E-state index contributed by atoms with van der Waals surface area (Å²) in [6.07, 6.45) is 3.77. The van der Waals surface area contributed by atoms with Gasteiger partial charge in [0.15, 0.2) is 12.6 Å². The van der Waals surface area contributed by atoms with Gasteiger partial charge in [0.1, 0.15) is 0 Å². The largest absolute Gasteiger partial charge is 0.347 e. The van der Waals surface area contributed by atoms with E-state index in [-0.39, 0.29) is 35.0 Å². The normalized spacial score (nSPS) is 13.7. The van der Waals surface area contributed by atoms with Crippen LogP contribution in [0.3, 0.4) is 0 Å². The Bertz CT molecular complexity index is 627. The molecule has 4 radical (unpaired) electrons. The van der Waals surface area contributed by atoms with Crippen LogP contribution in [-0.4, -0.2) is 54.0 Å². The SMILES string of the molecule is CC(C)(C)OC(CCC[Si]c1ccc([Si]CCCC(OC(C)(C)C)OC(C)(C)C)cc1)OC(C)(C)C. The lowest BCUT2D eigenvalue weighted by Gasteiger charge is -2.32. The van der Waals surface area contributed by atoms with Crippen LogP contribution in [0.4, 0.5) is 0 Å². The summed E-state index contributed by atoms with van der Waals surface area (Å²) in [4.78, 5) is 0. The molecule has 0 aliphatic carbocycles.